The maximum atomic E-state index is 12.8. The average Bonchev–Trinajstić information content (AvgIpc) is 2.68. The Bertz CT molecular complexity index is 671. The lowest BCUT2D eigenvalue weighted by Gasteiger charge is -2.27. The van der Waals surface area contributed by atoms with Gasteiger partial charge in [0.05, 0.1) is 12.5 Å². The first-order chi connectivity index (χ1) is 14.8. The van der Waals surface area contributed by atoms with Crippen molar-refractivity contribution in [2.24, 2.45) is 23.1 Å². The number of aliphatic hydroxyl groups is 1. The number of nitrogens with two attached hydrogens (primary N) is 3. The summed E-state index contributed by atoms with van der Waals surface area (Å²) < 4.78 is 0. The molecule has 0 radical (unpaired) electrons. The van der Waals surface area contributed by atoms with Crippen LogP contribution < -0.4 is 33.2 Å². The summed E-state index contributed by atoms with van der Waals surface area (Å²) in [7, 11) is 0. The lowest BCUT2D eigenvalue weighted by Crippen LogP contribution is -2.59. The van der Waals surface area contributed by atoms with Gasteiger partial charge in [0.25, 0.3) is 0 Å². The van der Waals surface area contributed by atoms with Crippen LogP contribution in [0.1, 0.15) is 46.5 Å². The fourth-order valence-electron chi connectivity index (χ4n) is 2.70. The Morgan fingerprint density at radius 1 is 0.875 bits per heavy atom. The standard InChI is InChI=1S/C19H36N6O7/c1-9(2)15(25-17(29)14(22)10(3)26)18(30)23-11(6-4-5-7-20)16(28)24-12(19(31)32)8-13(21)27/h9-12,14-15,26H,4-8,20,22H2,1-3H3,(H2,21,27)(H,23,30)(H,24,28)(H,25,29)(H,31,32). The van der Waals surface area contributed by atoms with Gasteiger partial charge < -0.3 is 43.4 Å². The number of aliphatic hydroxyl groups excluding tert-OH is 1. The van der Waals surface area contributed by atoms with Crippen molar-refractivity contribution in [3.05, 3.63) is 0 Å². The molecule has 0 aromatic rings. The third-order valence-electron chi connectivity index (χ3n) is 4.67. The molecule has 11 N–H and O–H groups in total. The maximum absolute atomic E-state index is 12.8. The quantitative estimate of drug-likeness (QED) is 0.115. The van der Waals surface area contributed by atoms with Gasteiger partial charge in [-0.25, -0.2) is 4.79 Å². The summed E-state index contributed by atoms with van der Waals surface area (Å²) in [6.45, 7) is 5.01. The Labute approximate surface area is 186 Å². The van der Waals surface area contributed by atoms with Crippen molar-refractivity contribution in [3.8, 4) is 0 Å². The van der Waals surface area contributed by atoms with Crippen molar-refractivity contribution in [1.29, 1.82) is 0 Å². The number of amides is 4. The van der Waals surface area contributed by atoms with Crippen LogP contribution in [-0.2, 0) is 24.0 Å². The summed E-state index contributed by atoms with van der Waals surface area (Å²) in [4.78, 5) is 60.1. The highest BCUT2D eigenvalue weighted by Crippen LogP contribution is 2.07. The fraction of sp³-hybridized carbons (Fsp3) is 0.737. The Morgan fingerprint density at radius 3 is 1.88 bits per heavy atom. The van der Waals surface area contributed by atoms with Gasteiger partial charge in [0.15, 0.2) is 0 Å². The molecule has 4 amide bonds. The molecule has 0 aliphatic rings. The van der Waals surface area contributed by atoms with Gasteiger partial charge in [-0.1, -0.05) is 13.8 Å². The largest absolute Gasteiger partial charge is 0.480 e. The van der Waals surface area contributed by atoms with E-state index in [0.717, 1.165) is 0 Å². The minimum atomic E-state index is -1.56. The zero-order chi connectivity index (χ0) is 25.0. The van der Waals surface area contributed by atoms with Gasteiger partial charge in [-0.05, 0) is 38.6 Å². The molecule has 0 aromatic heterocycles. The summed E-state index contributed by atoms with van der Waals surface area (Å²) in [5.74, 6) is -5.03. The molecule has 32 heavy (non-hydrogen) atoms. The maximum Gasteiger partial charge on any atom is 0.326 e. The Morgan fingerprint density at radius 2 is 1.44 bits per heavy atom. The van der Waals surface area contributed by atoms with E-state index in [4.69, 9.17) is 17.2 Å². The van der Waals surface area contributed by atoms with Crippen LogP contribution in [0.25, 0.3) is 0 Å². The van der Waals surface area contributed by atoms with Crippen LogP contribution in [0.5, 0.6) is 0 Å². The van der Waals surface area contributed by atoms with Gasteiger partial charge in [0.2, 0.25) is 23.6 Å². The van der Waals surface area contributed by atoms with E-state index in [9.17, 15) is 34.2 Å². The van der Waals surface area contributed by atoms with E-state index in [-0.39, 0.29) is 6.42 Å². The van der Waals surface area contributed by atoms with Crippen LogP contribution >= 0.6 is 0 Å². The minimum absolute atomic E-state index is 0.142. The molecule has 0 rings (SSSR count). The number of unbranched alkanes of at least 4 members (excludes halogenated alkanes) is 1. The summed E-state index contributed by atoms with van der Waals surface area (Å²) in [5.41, 5.74) is 16.1. The first kappa shape index (κ1) is 29.2. The number of hydrogen-bond donors (Lipinski definition) is 8. The van der Waals surface area contributed by atoms with Gasteiger partial charge in [0.1, 0.15) is 24.2 Å². The molecule has 5 unspecified atom stereocenters. The number of aliphatic carboxylic acids is 1. The molecule has 13 nitrogen and oxygen atoms in total. The zero-order valence-corrected chi connectivity index (χ0v) is 18.7. The highest BCUT2D eigenvalue weighted by Gasteiger charge is 2.32. The number of hydrogen-bond acceptors (Lipinski definition) is 8. The van der Waals surface area contributed by atoms with Gasteiger partial charge in [0, 0.05) is 0 Å². The molecule has 5 atom stereocenters. The summed E-state index contributed by atoms with van der Waals surface area (Å²) in [6, 6.07) is -5.03. The van der Waals surface area contributed by atoms with Crippen LogP contribution in [0.2, 0.25) is 0 Å². The third-order valence-corrected chi connectivity index (χ3v) is 4.67. The number of carbonyl (C=O) groups is 5. The monoisotopic (exact) mass is 460 g/mol. The second-order valence-corrected chi connectivity index (χ2v) is 7.91. The van der Waals surface area contributed by atoms with Crippen molar-refractivity contribution in [1.82, 2.24) is 16.0 Å². The zero-order valence-electron chi connectivity index (χ0n) is 18.7. The van der Waals surface area contributed by atoms with Crippen molar-refractivity contribution in [2.75, 3.05) is 6.54 Å². The second kappa shape index (κ2) is 14.3. The van der Waals surface area contributed by atoms with E-state index < -0.39 is 72.2 Å². The molecular weight excluding hydrogens is 424 g/mol. The number of carboxylic acid groups (broad SMARTS) is 1. The second-order valence-electron chi connectivity index (χ2n) is 7.91. The van der Waals surface area contributed by atoms with Crippen molar-refractivity contribution >= 4 is 29.6 Å². The Kier molecular flexibility index (Phi) is 13.1. The van der Waals surface area contributed by atoms with Crippen LogP contribution in [0.3, 0.4) is 0 Å². The lowest BCUT2D eigenvalue weighted by atomic mass is 10.0. The molecule has 0 saturated heterocycles. The fourth-order valence-corrected chi connectivity index (χ4v) is 2.70. The predicted molar refractivity (Wildman–Crippen MR) is 115 cm³/mol. The van der Waals surface area contributed by atoms with E-state index >= 15 is 0 Å². The normalized spacial score (nSPS) is 15.7. The van der Waals surface area contributed by atoms with E-state index in [2.05, 4.69) is 16.0 Å². The molecule has 184 valence electrons. The SMILES string of the molecule is CC(C)C(NC(=O)C(N)C(C)O)C(=O)NC(CCCCN)C(=O)NC(CC(N)=O)C(=O)O. The van der Waals surface area contributed by atoms with E-state index in [1.54, 1.807) is 13.8 Å². The molecule has 0 bridgehead atoms. The number of nitrogens with one attached hydrogen (secondary N) is 3. The molecule has 0 saturated carbocycles. The highest BCUT2D eigenvalue weighted by atomic mass is 16.4. The Hall–Kier alpha value is -2.77. The third kappa shape index (κ3) is 10.5. The van der Waals surface area contributed by atoms with Crippen LogP contribution in [0.4, 0.5) is 0 Å². The molecule has 13 heteroatoms. The lowest BCUT2D eigenvalue weighted by molar-refractivity contribution is -0.144. The smallest absolute Gasteiger partial charge is 0.326 e. The van der Waals surface area contributed by atoms with Crippen LogP contribution in [0.15, 0.2) is 0 Å². The number of carboxylic acids is 1. The highest BCUT2D eigenvalue weighted by molar-refractivity contribution is 5.95. The van der Waals surface area contributed by atoms with Crippen LogP contribution in [-0.4, -0.2) is 76.6 Å². The molecule has 0 fully saturated rings. The van der Waals surface area contributed by atoms with Crippen LogP contribution in [0, 0.1) is 5.92 Å². The number of carbonyl (C=O) groups excluding carboxylic acids is 4. The van der Waals surface area contributed by atoms with E-state index in [1.165, 1.54) is 6.92 Å². The molecule has 0 heterocycles. The predicted octanol–water partition coefficient (Wildman–Crippen LogP) is -3.11. The van der Waals surface area contributed by atoms with Gasteiger partial charge in [-0.3, -0.25) is 19.2 Å². The summed E-state index contributed by atoms with van der Waals surface area (Å²) in [5, 5.41) is 25.8. The number of primary amides is 1. The molecule has 0 spiro atoms. The molecule has 0 aliphatic carbocycles. The minimum Gasteiger partial charge on any atom is -0.480 e. The topological polar surface area (TPSA) is 240 Å². The van der Waals surface area contributed by atoms with E-state index in [1.807, 2.05) is 0 Å². The first-order valence-corrected chi connectivity index (χ1v) is 10.4. The van der Waals surface area contributed by atoms with Gasteiger partial charge in [-0.2, -0.15) is 0 Å². The summed E-state index contributed by atoms with van der Waals surface area (Å²) >= 11 is 0. The van der Waals surface area contributed by atoms with E-state index in [0.29, 0.717) is 19.4 Å². The van der Waals surface area contributed by atoms with Crippen molar-refractivity contribution in [3.63, 3.8) is 0 Å². The molecular formula is C19H36N6O7. The van der Waals surface area contributed by atoms with Gasteiger partial charge >= 0.3 is 5.97 Å². The number of rotatable bonds is 15. The summed E-state index contributed by atoms with van der Waals surface area (Å²) in [6.07, 6.45) is -0.611. The molecule has 0 aromatic carbocycles. The molecule has 0 aliphatic heterocycles. The average molecular weight is 461 g/mol. The van der Waals surface area contributed by atoms with Crippen molar-refractivity contribution < 1.29 is 34.2 Å². The first-order valence-electron chi connectivity index (χ1n) is 10.4. The van der Waals surface area contributed by atoms with Crippen molar-refractivity contribution in [2.45, 2.75) is 76.7 Å². The Balaban J connectivity index is 5.47. The van der Waals surface area contributed by atoms with Gasteiger partial charge in [-0.15, -0.1) is 0 Å².